The first-order chi connectivity index (χ1) is 7.99. The summed E-state index contributed by atoms with van der Waals surface area (Å²) in [6, 6.07) is 0.721. The Labute approximate surface area is 96.0 Å². The molecule has 0 aliphatic rings. The van der Waals surface area contributed by atoms with E-state index in [1.165, 1.54) is 0 Å². The molecule has 0 aliphatic carbocycles. The van der Waals surface area contributed by atoms with Gasteiger partial charge < -0.3 is 10.8 Å². The number of benzene rings is 1. The molecule has 0 saturated heterocycles. The lowest BCUT2D eigenvalue weighted by Crippen LogP contribution is -2.09. The van der Waals surface area contributed by atoms with Crippen LogP contribution in [0.3, 0.4) is 0 Å². The van der Waals surface area contributed by atoms with Gasteiger partial charge in [-0.05, 0) is 37.4 Å². The zero-order chi connectivity index (χ0) is 13.0. The third-order valence-corrected chi connectivity index (χ3v) is 2.35. The van der Waals surface area contributed by atoms with Crippen LogP contribution in [-0.2, 0) is 6.42 Å². The normalized spacial score (nSPS) is 10.6. The van der Waals surface area contributed by atoms with E-state index in [1.54, 1.807) is 0 Å². The summed E-state index contributed by atoms with van der Waals surface area (Å²) in [7, 11) is 0. The van der Waals surface area contributed by atoms with E-state index >= 15 is 0 Å². The van der Waals surface area contributed by atoms with Crippen molar-refractivity contribution in [1.29, 1.82) is 0 Å². The maximum atomic E-state index is 13.4. The van der Waals surface area contributed by atoms with Crippen molar-refractivity contribution in [3.05, 3.63) is 34.6 Å². The van der Waals surface area contributed by atoms with E-state index in [0.717, 1.165) is 6.07 Å². The smallest absolute Gasteiger partial charge is 0.341 e. The minimum atomic E-state index is -1.83. The van der Waals surface area contributed by atoms with Crippen LogP contribution in [0, 0.1) is 17.5 Å². The molecule has 6 heteroatoms. The minimum absolute atomic E-state index is 0.122. The van der Waals surface area contributed by atoms with Crippen LogP contribution in [0.2, 0.25) is 0 Å². The zero-order valence-corrected chi connectivity index (χ0v) is 8.97. The Morgan fingerprint density at radius 1 is 1.24 bits per heavy atom. The van der Waals surface area contributed by atoms with Crippen LogP contribution in [0.4, 0.5) is 13.2 Å². The van der Waals surface area contributed by atoms with Gasteiger partial charge in [0.2, 0.25) is 0 Å². The molecule has 1 aromatic rings. The van der Waals surface area contributed by atoms with Gasteiger partial charge in [0.05, 0.1) is 0 Å². The molecule has 0 radical (unpaired) electrons. The number of nitrogens with two attached hydrogens (primary N) is 1. The third kappa shape index (κ3) is 2.97. The second kappa shape index (κ2) is 5.67. The lowest BCUT2D eigenvalue weighted by molar-refractivity contribution is 0.0685. The highest BCUT2D eigenvalue weighted by atomic mass is 19.2. The number of unbranched alkanes of at least 4 members (excludes halogenated alkanes) is 1. The predicted molar refractivity (Wildman–Crippen MR) is 55.3 cm³/mol. The second-order valence-electron chi connectivity index (χ2n) is 3.57. The van der Waals surface area contributed by atoms with Crippen molar-refractivity contribution in [3.63, 3.8) is 0 Å². The molecule has 3 nitrogen and oxygen atoms in total. The Hall–Kier alpha value is -1.56. The second-order valence-corrected chi connectivity index (χ2v) is 3.57. The highest BCUT2D eigenvalue weighted by molar-refractivity contribution is 5.88. The summed E-state index contributed by atoms with van der Waals surface area (Å²) in [6.45, 7) is 0.403. The van der Waals surface area contributed by atoms with Crippen LogP contribution in [0.1, 0.15) is 28.8 Å². The Morgan fingerprint density at radius 3 is 2.41 bits per heavy atom. The highest BCUT2D eigenvalue weighted by Gasteiger charge is 2.23. The highest BCUT2D eigenvalue weighted by Crippen LogP contribution is 2.21. The standard InChI is InChI=1S/C11H12F3NO2/c12-7-5-6(3-1-2-4-15)9(13)10(14)8(7)11(16)17/h5H,1-4,15H2,(H,16,17). The van der Waals surface area contributed by atoms with Crippen LogP contribution in [-0.4, -0.2) is 17.6 Å². The number of hydrogen-bond donors (Lipinski definition) is 2. The molecule has 94 valence electrons. The molecule has 0 amide bonds. The molecular weight excluding hydrogens is 235 g/mol. The van der Waals surface area contributed by atoms with Crippen molar-refractivity contribution in [2.45, 2.75) is 19.3 Å². The van der Waals surface area contributed by atoms with Gasteiger partial charge in [0, 0.05) is 0 Å². The summed E-state index contributed by atoms with van der Waals surface area (Å²) in [4.78, 5) is 10.5. The van der Waals surface area contributed by atoms with Gasteiger partial charge in [0.25, 0.3) is 0 Å². The van der Waals surface area contributed by atoms with Gasteiger partial charge in [-0.1, -0.05) is 0 Å². The van der Waals surface area contributed by atoms with Crippen molar-refractivity contribution >= 4 is 5.97 Å². The Morgan fingerprint density at radius 2 is 1.88 bits per heavy atom. The first-order valence-corrected chi connectivity index (χ1v) is 5.08. The molecule has 0 bridgehead atoms. The zero-order valence-electron chi connectivity index (χ0n) is 8.97. The molecule has 0 saturated carbocycles. The van der Waals surface area contributed by atoms with E-state index in [4.69, 9.17) is 10.8 Å². The SMILES string of the molecule is NCCCCc1cc(F)c(C(=O)O)c(F)c1F. The lowest BCUT2D eigenvalue weighted by atomic mass is 10.0. The summed E-state index contributed by atoms with van der Waals surface area (Å²) in [5.74, 6) is -6.05. The van der Waals surface area contributed by atoms with E-state index in [0.29, 0.717) is 19.4 Å². The number of halogens is 3. The number of carboxylic acids is 1. The number of carboxylic acid groups (broad SMARTS) is 1. The minimum Gasteiger partial charge on any atom is -0.477 e. The lowest BCUT2D eigenvalue weighted by Gasteiger charge is -2.07. The predicted octanol–water partition coefficient (Wildman–Crippen LogP) is 2.08. The van der Waals surface area contributed by atoms with Crippen molar-refractivity contribution < 1.29 is 23.1 Å². The third-order valence-electron chi connectivity index (χ3n) is 2.35. The van der Waals surface area contributed by atoms with Gasteiger partial charge in [-0.25, -0.2) is 18.0 Å². The number of carbonyl (C=O) groups is 1. The summed E-state index contributed by atoms with van der Waals surface area (Å²) in [5.41, 5.74) is 3.81. The molecule has 3 N–H and O–H groups in total. The van der Waals surface area contributed by atoms with Gasteiger partial charge in [0.1, 0.15) is 11.4 Å². The molecule has 0 atom stereocenters. The molecule has 17 heavy (non-hydrogen) atoms. The fourth-order valence-electron chi connectivity index (χ4n) is 1.48. The average Bonchev–Trinajstić information content (AvgIpc) is 2.25. The number of rotatable bonds is 5. The van der Waals surface area contributed by atoms with Gasteiger partial charge in [-0.15, -0.1) is 0 Å². The quantitative estimate of drug-likeness (QED) is 0.618. The van der Waals surface area contributed by atoms with Crippen LogP contribution in [0.25, 0.3) is 0 Å². The van der Waals surface area contributed by atoms with Crippen LogP contribution >= 0.6 is 0 Å². The number of aryl methyl sites for hydroxylation is 1. The average molecular weight is 247 g/mol. The van der Waals surface area contributed by atoms with Crippen molar-refractivity contribution in [2.24, 2.45) is 5.73 Å². The summed E-state index contributed by atoms with van der Waals surface area (Å²) in [6.07, 6.45) is 1.21. The van der Waals surface area contributed by atoms with Crippen LogP contribution in [0.5, 0.6) is 0 Å². The fraction of sp³-hybridized carbons (Fsp3) is 0.364. The summed E-state index contributed by atoms with van der Waals surface area (Å²) in [5, 5.41) is 8.51. The molecule has 0 spiro atoms. The van der Waals surface area contributed by atoms with Crippen LogP contribution in [0.15, 0.2) is 6.07 Å². The van der Waals surface area contributed by atoms with E-state index < -0.39 is 29.0 Å². The monoisotopic (exact) mass is 247 g/mol. The molecule has 0 heterocycles. The topological polar surface area (TPSA) is 63.3 Å². The van der Waals surface area contributed by atoms with E-state index in [1.807, 2.05) is 0 Å². The molecule has 1 aromatic carbocycles. The van der Waals surface area contributed by atoms with Crippen molar-refractivity contribution in [2.75, 3.05) is 6.54 Å². The molecule has 0 fully saturated rings. The molecule has 0 aliphatic heterocycles. The number of hydrogen-bond acceptors (Lipinski definition) is 2. The Kier molecular flexibility index (Phi) is 4.51. The van der Waals surface area contributed by atoms with E-state index in [2.05, 4.69) is 0 Å². The van der Waals surface area contributed by atoms with Gasteiger partial charge >= 0.3 is 5.97 Å². The largest absolute Gasteiger partial charge is 0.477 e. The van der Waals surface area contributed by atoms with Crippen molar-refractivity contribution in [3.8, 4) is 0 Å². The summed E-state index contributed by atoms with van der Waals surface area (Å²) < 4.78 is 39.9. The maximum Gasteiger partial charge on any atom is 0.341 e. The van der Waals surface area contributed by atoms with E-state index in [9.17, 15) is 18.0 Å². The van der Waals surface area contributed by atoms with E-state index in [-0.39, 0.29) is 12.0 Å². The molecule has 1 rings (SSSR count). The van der Waals surface area contributed by atoms with Gasteiger partial charge in [-0.2, -0.15) is 0 Å². The van der Waals surface area contributed by atoms with Crippen LogP contribution < -0.4 is 5.73 Å². The molecule has 0 unspecified atom stereocenters. The van der Waals surface area contributed by atoms with Crippen molar-refractivity contribution in [1.82, 2.24) is 0 Å². The van der Waals surface area contributed by atoms with Gasteiger partial charge in [0.15, 0.2) is 11.6 Å². The fourth-order valence-corrected chi connectivity index (χ4v) is 1.48. The maximum absolute atomic E-state index is 13.4. The molecular formula is C11H12F3NO2. The summed E-state index contributed by atoms with van der Waals surface area (Å²) >= 11 is 0. The Balaban J connectivity index is 3.07. The van der Waals surface area contributed by atoms with Gasteiger partial charge in [-0.3, -0.25) is 0 Å². The Bertz CT molecular complexity index is 435. The number of aromatic carboxylic acids is 1. The molecule has 0 aromatic heterocycles. The first-order valence-electron chi connectivity index (χ1n) is 5.08. The first kappa shape index (κ1) is 13.5.